The Bertz CT molecular complexity index is 570. The Morgan fingerprint density at radius 2 is 2.25 bits per heavy atom. The molecule has 16 heavy (non-hydrogen) atoms. The summed E-state index contributed by atoms with van der Waals surface area (Å²) in [7, 11) is 0. The van der Waals surface area contributed by atoms with Crippen molar-refractivity contribution in [1.82, 2.24) is 4.98 Å². The summed E-state index contributed by atoms with van der Waals surface area (Å²) in [5.74, 6) is -0.298. The third kappa shape index (κ3) is 1.47. The monoisotopic (exact) mass is 237 g/mol. The van der Waals surface area contributed by atoms with Crippen LogP contribution in [0.25, 0.3) is 10.9 Å². The van der Waals surface area contributed by atoms with Crippen molar-refractivity contribution in [3.05, 3.63) is 40.3 Å². The lowest BCUT2D eigenvalue weighted by Gasteiger charge is -2.18. The second kappa shape index (κ2) is 3.68. The van der Waals surface area contributed by atoms with Crippen LogP contribution in [0, 0.1) is 5.82 Å². The van der Waals surface area contributed by atoms with E-state index in [-0.39, 0.29) is 5.82 Å². The van der Waals surface area contributed by atoms with Crippen LogP contribution in [-0.4, -0.2) is 11.6 Å². The fourth-order valence-corrected chi connectivity index (χ4v) is 2.30. The minimum Gasteiger partial charge on any atom is -0.376 e. The van der Waals surface area contributed by atoms with Crippen LogP contribution in [-0.2, 0) is 17.8 Å². The van der Waals surface area contributed by atoms with Crippen LogP contribution < -0.4 is 0 Å². The second-order valence-corrected chi connectivity index (χ2v) is 4.19. The van der Waals surface area contributed by atoms with E-state index >= 15 is 0 Å². The number of rotatable bonds is 0. The smallest absolute Gasteiger partial charge is 0.124 e. The topological polar surface area (TPSA) is 22.1 Å². The van der Waals surface area contributed by atoms with Crippen LogP contribution in [0.15, 0.2) is 18.2 Å². The minimum absolute atomic E-state index is 0.298. The molecular weight excluding hydrogens is 229 g/mol. The summed E-state index contributed by atoms with van der Waals surface area (Å²) < 4.78 is 18.5. The molecule has 1 aliphatic rings. The number of benzene rings is 1. The summed E-state index contributed by atoms with van der Waals surface area (Å²) >= 11 is 6.24. The van der Waals surface area contributed by atoms with Gasteiger partial charge in [0.15, 0.2) is 0 Å². The summed E-state index contributed by atoms with van der Waals surface area (Å²) in [5.41, 5.74) is 2.61. The first-order chi connectivity index (χ1) is 7.75. The number of halogens is 2. The largest absolute Gasteiger partial charge is 0.376 e. The average molecular weight is 238 g/mol. The molecule has 4 heteroatoms. The molecule has 0 amide bonds. The normalized spacial score (nSPS) is 15.1. The maximum absolute atomic E-state index is 13.1. The van der Waals surface area contributed by atoms with E-state index in [1.54, 1.807) is 6.07 Å². The van der Waals surface area contributed by atoms with E-state index in [0.717, 1.165) is 23.2 Å². The molecule has 0 aliphatic carbocycles. The van der Waals surface area contributed by atoms with Gasteiger partial charge in [-0.2, -0.15) is 0 Å². The molecular formula is C12H9ClFNO. The highest BCUT2D eigenvalue weighted by Gasteiger charge is 2.17. The Hall–Kier alpha value is -1.19. The molecule has 2 aromatic rings. The van der Waals surface area contributed by atoms with Crippen LogP contribution >= 0.6 is 11.6 Å². The van der Waals surface area contributed by atoms with Crippen molar-refractivity contribution in [1.29, 1.82) is 0 Å². The standard InChI is InChI=1S/C12H9ClFNO/c13-12-8-5-7(14)1-2-10(8)15-11-3-4-16-6-9(11)12/h1-2,5H,3-4,6H2. The third-order valence-corrected chi connectivity index (χ3v) is 3.23. The molecule has 2 nitrogen and oxygen atoms in total. The van der Waals surface area contributed by atoms with Gasteiger partial charge in [0, 0.05) is 17.4 Å². The maximum atomic E-state index is 13.1. The molecule has 0 radical (unpaired) electrons. The predicted octanol–water partition coefficient (Wildman–Crippen LogP) is 3.10. The van der Waals surface area contributed by atoms with Gasteiger partial charge in [0.2, 0.25) is 0 Å². The van der Waals surface area contributed by atoms with E-state index in [0.29, 0.717) is 23.6 Å². The van der Waals surface area contributed by atoms with Crippen molar-refractivity contribution >= 4 is 22.5 Å². The van der Waals surface area contributed by atoms with Gasteiger partial charge in [-0.1, -0.05) is 11.6 Å². The molecule has 0 N–H and O–H groups in total. The summed E-state index contributed by atoms with van der Waals surface area (Å²) in [6.07, 6.45) is 0.766. The van der Waals surface area contributed by atoms with Crippen LogP contribution in [0.5, 0.6) is 0 Å². The van der Waals surface area contributed by atoms with Gasteiger partial charge < -0.3 is 4.74 Å². The van der Waals surface area contributed by atoms with Gasteiger partial charge in [-0.05, 0) is 18.2 Å². The van der Waals surface area contributed by atoms with E-state index in [2.05, 4.69) is 4.98 Å². The highest BCUT2D eigenvalue weighted by molar-refractivity contribution is 6.36. The highest BCUT2D eigenvalue weighted by Crippen LogP contribution is 2.31. The van der Waals surface area contributed by atoms with Crippen molar-refractivity contribution in [3.8, 4) is 0 Å². The first-order valence-corrected chi connectivity index (χ1v) is 5.48. The number of hydrogen-bond acceptors (Lipinski definition) is 2. The summed E-state index contributed by atoms with van der Waals surface area (Å²) in [4.78, 5) is 4.49. The quantitative estimate of drug-likeness (QED) is 0.703. The molecule has 1 aromatic heterocycles. The molecule has 0 fully saturated rings. The van der Waals surface area contributed by atoms with Crippen molar-refractivity contribution in [2.45, 2.75) is 13.0 Å². The molecule has 1 aromatic carbocycles. The Morgan fingerprint density at radius 3 is 3.12 bits per heavy atom. The van der Waals surface area contributed by atoms with Gasteiger partial charge in [0.25, 0.3) is 0 Å². The van der Waals surface area contributed by atoms with Crippen LogP contribution in [0.3, 0.4) is 0 Å². The molecule has 82 valence electrons. The zero-order valence-electron chi connectivity index (χ0n) is 8.46. The van der Waals surface area contributed by atoms with E-state index in [1.165, 1.54) is 12.1 Å². The Labute approximate surface area is 97.0 Å². The van der Waals surface area contributed by atoms with E-state index in [9.17, 15) is 4.39 Å². The van der Waals surface area contributed by atoms with E-state index in [1.807, 2.05) is 0 Å². The Kier molecular flexibility index (Phi) is 2.30. The van der Waals surface area contributed by atoms with E-state index in [4.69, 9.17) is 16.3 Å². The minimum atomic E-state index is -0.298. The zero-order chi connectivity index (χ0) is 11.1. The number of aromatic nitrogens is 1. The maximum Gasteiger partial charge on any atom is 0.124 e. The van der Waals surface area contributed by atoms with E-state index < -0.39 is 0 Å². The lowest BCUT2D eigenvalue weighted by molar-refractivity contribution is 0.109. The summed E-state index contributed by atoms with van der Waals surface area (Å²) in [6, 6.07) is 4.48. The van der Waals surface area contributed by atoms with Crippen molar-refractivity contribution in [3.63, 3.8) is 0 Å². The molecule has 0 spiro atoms. The Balaban J connectivity index is 2.35. The zero-order valence-corrected chi connectivity index (χ0v) is 9.22. The predicted molar refractivity (Wildman–Crippen MR) is 60.1 cm³/mol. The van der Waals surface area contributed by atoms with Gasteiger partial charge in [0.1, 0.15) is 5.82 Å². The van der Waals surface area contributed by atoms with Crippen LogP contribution in [0.1, 0.15) is 11.3 Å². The molecule has 0 bridgehead atoms. The number of hydrogen-bond donors (Lipinski definition) is 0. The van der Waals surface area contributed by atoms with Gasteiger partial charge in [0.05, 0.1) is 29.4 Å². The molecule has 0 saturated heterocycles. The average Bonchev–Trinajstić information content (AvgIpc) is 2.31. The third-order valence-electron chi connectivity index (χ3n) is 2.79. The molecule has 3 rings (SSSR count). The summed E-state index contributed by atoms with van der Waals surface area (Å²) in [6.45, 7) is 1.14. The second-order valence-electron chi connectivity index (χ2n) is 3.82. The van der Waals surface area contributed by atoms with Gasteiger partial charge >= 0.3 is 0 Å². The van der Waals surface area contributed by atoms with Crippen LogP contribution in [0.2, 0.25) is 5.02 Å². The van der Waals surface area contributed by atoms with Gasteiger partial charge in [-0.25, -0.2) is 4.39 Å². The number of pyridine rings is 1. The number of ether oxygens (including phenoxy) is 1. The van der Waals surface area contributed by atoms with Crippen molar-refractivity contribution < 1.29 is 9.13 Å². The molecule has 2 heterocycles. The molecule has 0 unspecified atom stereocenters. The fourth-order valence-electron chi connectivity index (χ4n) is 1.98. The molecule has 0 atom stereocenters. The number of fused-ring (bicyclic) bond motifs is 2. The first kappa shape index (κ1) is 10.00. The first-order valence-electron chi connectivity index (χ1n) is 5.10. The Morgan fingerprint density at radius 1 is 1.38 bits per heavy atom. The van der Waals surface area contributed by atoms with Gasteiger partial charge in [-0.3, -0.25) is 4.98 Å². The summed E-state index contributed by atoms with van der Waals surface area (Å²) in [5, 5.41) is 1.23. The lowest BCUT2D eigenvalue weighted by Crippen LogP contribution is -2.12. The molecule has 1 aliphatic heterocycles. The number of nitrogens with zero attached hydrogens (tertiary/aromatic N) is 1. The van der Waals surface area contributed by atoms with Crippen LogP contribution in [0.4, 0.5) is 4.39 Å². The van der Waals surface area contributed by atoms with Crippen molar-refractivity contribution in [2.75, 3.05) is 6.61 Å². The fraction of sp³-hybridized carbons (Fsp3) is 0.250. The van der Waals surface area contributed by atoms with Crippen molar-refractivity contribution in [2.24, 2.45) is 0 Å². The SMILES string of the molecule is Fc1ccc2nc3c(c(Cl)c2c1)COCC3. The highest BCUT2D eigenvalue weighted by atomic mass is 35.5. The lowest BCUT2D eigenvalue weighted by atomic mass is 10.1. The molecule has 0 saturated carbocycles. The van der Waals surface area contributed by atoms with Gasteiger partial charge in [-0.15, -0.1) is 0 Å².